The number of hydrogen-bond donors (Lipinski definition) is 0. The molecular formula is C12H8N2O2. The summed E-state index contributed by atoms with van der Waals surface area (Å²) in [7, 11) is 0. The van der Waals surface area contributed by atoms with Crippen molar-refractivity contribution in [1.82, 2.24) is 4.57 Å². The van der Waals surface area contributed by atoms with Gasteiger partial charge in [-0.25, -0.2) is 4.79 Å². The molecule has 1 heterocycles. The van der Waals surface area contributed by atoms with Gasteiger partial charge in [0.15, 0.2) is 0 Å². The van der Waals surface area contributed by atoms with E-state index >= 15 is 0 Å². The molecule has 4 heteroatoms. The molecule has 0 saturated carbocycles. The molecule has 0 aliphatic rings. The quantitative estimate of drug-likeness (QED) is 0.563. The van der Waals surface area contributed by atoms with E-state index in [0.717, 1.165) is 5.69 Å². The Hall–Kier alpha value is -2.45. The lowest BCUT2D eigenvalue weighted by Gasteiger charge is -2.04. The predicted molar refractivity (Wildman–Crippen MR) is 59.8 cm³/mol. The third-order valence-corrected chi connectivity index (χ3v) is 2.13. The molecule has 1 aromatic heterocycles. The van der Waals surface area contributed by atoms with Gasteiger partial charge in [0, 0.05) is 18.0 Å². The Morgan fingerprint density at radius 1 is 1.06 bits per heavy atom. The van der Waals surface area contributed by atoms with Crippen molar-refractivity contribution < 1.29 is 4.79 Å². The molecule has 0 aliphatic heterocycles. The van der Waals surface area contributed by atoms with E-state index in [1.165, 1.54) is 16.7 Å². The van der Waals surface area contributed by atoms with Gasteiger partial charge < -0.3 is 0 Å². The van der Waals surface area contributed by atoms with Crippen molar-refractivity contribution in [2.75, 3.05) is 0 Å². The van der Waals surface area contributed by atoms with Crippen LogP contribution in [-0.2, 0) is 4.79 Å². The Morgan fingerprint density at radius 2 is 1.81 bits per heavy atom. The van der Waals surface area contributed by atoms with E-state index in [1.54, 1.807) is 42.6 Å². The predicted octanol–water partition coefficient (Wildman–Crippen LogP) is 1.80. The minimum Gasteiger partial charge on any atom is -0.284 e. The molecule has 1 aromatic carbocycles. The van der Waals surface area contributed by atoms with Gasteiger partial charge in [-0.15, -0.1) is 0 Å². The zero-order valence-corrected chi connectivity index (χ0v) is 8.33. The average Bonchev–Trinajstić information content (AvgIpc) is 2.31. The molecule has 0 fully saturated rings. The van der Waals surface area contributed by atoms with Crippen LogP contribution in [0.25, 0.3) is 5.69 Å². The Balaban J connectivity index is 2.46. The molecule has 0 atom stereocenters. The number of carbonyl (C=O) groups excluding carboxylic acids is 1. The maximum absolute atomic E-state index is 11.5. The summed E-state index contributed by atoms with van der Waals surface area (Å²) in [6, 6.07) is 11.7. The summed E-state index contributed by atoms with van der Waals surface area (Å²) in [5.41, 5.74) is 1.15. The van der Waals surface area contributed by atoms with Gasteiger partial charge in [-0.2, -0.15) is 4.99 Å². The molecule has 0 unspecified atom stereocenters. The van der Waals surface area contributed by atoms with Crippen LogP contribution in [0.5, 0.6) is 0 Å². The van der Waals surface area contributed by atoms with Gasteiger partial charge in [0.05, 0.1) is 5.69 Å². The second kappa shape index (κ2) is 4.38. The Kier molecular flexibility index (Phi) is 2.76. The second-order valence-electron chi connectivity index (χ2n) is 3.13. The SMILES string of the molecule is O=C=Nc1ccc(-n2ccccc2=O)cc1. The number of rotatable bonds is 2. The summed E-state index contributed by atoms with van der Waals surface area (Å²) in [5.74, 6) is 0. The van der Waals surface area contributed by atoms with Crippen LogP contribution < -0.4 is 5.56 Å². The number of aromatic nitrogens is 1. The Bertz CT molecular complexity index is 593. The first-order valence-corrected chi connectivity index (χ1v) is 4.67. The van der Waals surface area contributed by atoms with Crippen LogP contribution in [-0.4, -0.2) is 10.6 Å². The zero-order chi connectivity index (χ0) is 11.4. The second-order valence-corrected chi connectivity index (χ2v) is 3.13. The van der Waals surface area contributed by atoms with Crippen molar-refractivity contribution in [3.63, 3.8) is 0 Å². The maximum atomic E-state index is 11.5. The molecule has 78 valence electrons. The fourth-order valence-corrected chi connectivity index (χ4v) is 1.38. The molecule has 4 nitrogen and oxygen atoms in total. The third-order valence-electron chi connectivity index (χ3n) is 2.13. The van der Waals surface area contributed by atoms with Gasteiger partial charge >= 0.3 is 0 Å². The molecule has 0 amide bonds. The number of benzene rings is 1. The molecule has 0 saturated heterocycles. The normalized spacial score (nSPS) is 9.50. The standard InChI is InChI=1S/C12H8N2O2/c15-9-13-10-4-6-11(7-5-10)14-8-2-1-3-12(14)16/h1-8H. The first-order valence-electron chi connectivity index (χ1n) is 4.67. The highest BCUT2D eigenvalue weighted by atomic mass is 16.1. The highest BCUT2D eigenvalue weighted by Crippen LogP contribution is 2.13. The lowest BCUT2D eigenvalue weighted by atomic mass is 10.3. The van der Waals surface area contributed by atoms with Crippen molar-refractivity contribution >= 4 is 11.8 Å². The number of aliphatic imine (C=N–C) groups is 1. The molecule has 0 spiro atoms. The monoisotopic (exact) mass is 212 g/mol. The molecule has 0 bridgehead atoms. The lowest BCUT2D eigenvalue weighted by molar-refractivity contribution is 0.565. The Morgan fingerprint density at radius 3 is 2.44 bits per heavy atom. The molecule has 0 radical (unpaired) electrons. The molecule has 0 N–H and O–H groups in total. The van der Waals surface area contributed by atoms with Gasteiger partial charge in [0.2, 0.25) is 6.08 Å². The minimum absolute atomic E-state index is 0.103. The average molecular weight is 212 g/mol. The van der Waals surface area contributed by atoms with Crippen molar-refractivity contribution in [3.8, 4) is 5.69 Å². The fourth-order valence-electron chi connectivity index (χ4n) is 1.38. The number of isocyanates is 1. The van der Waals surface area contributed by atoms with E-state index in [1.807, 2.05) is 0 Å². The lowest BCUT2D eigenvalue weighted by Crippen LogP contribution is -2.15. The molecule has 2 aromatic rings. The van der Waals surface area contributed by atoms with Crippen LogP contribution in [0.4, 0.5) is 5.69 Å². The van der Waals surface area contributed by atoms with E-state index in [0.29, 0.717) is 5.69 Å². The smallest absolute Gasteiger partial charge is 0.255 e. The van der Waals surface area contributed by atoms with Crippen LogP contribution in [0.1, 0.15) is 0 Å². The number of pyridine rings is 1. The van der Waals surface area contributed by atoms with E-state index < -0.39 is 0 Å². The summed E-state index contributed by atoms with van der Waals surface area (Å²) in [6.07, 6.45) is 3.14. The van der Waals surface area contributed by atoms with Gasteiger partial charge in [-0.1, -0.05) is 6.07 Å². The van der Waals surface area contributed by atoms with Gasteiger partial charge in [0.1, 0.15) is 0 Å². The zero-order valence-electron chi connectivity index (χ0n) is 8.33. The van der Waals surface area contributed by atoms with Crippen molar-refractivity contribution in [1.29, 1.82) is 0 Å². The maximum Gasteiger partial charge on any atom is 0.255 e. The first kappa shape index (κ1) is 10.1. The number of hydrogen-bond acceptors (Lipinski definition) is 3. The minimum atomic E-state index is -0.103. The van der Waals surface area contributed by atoms with Crippen LogP contribution in [0.3, 0.4) is 0 Å². The van der Waals surface area contributed by atoms with Crippen LogP contribution in [0.15, 0.2) is 58.4 Å². The van der Waals surface area contributed by atoms with Crippen molar-refractivity contribution in [2.45, 2.75) is 0 Å². The summed E-state index contributed by atoms with van der Waals surface area (Å²) in [5, 5.41) is 0. The Labute approximate surface area is 91.5 Å². The number of nitrogens with zero attached hydrogens (tertiary/aromatic N) is 2. The summed E-state index contributed by atoms with van der Waals surface area (Å²) in [4.78, 5) is 25.0. The van der Waals surface area contributed by atoms with Crippen molar-refractivity contribution in [3.05, 3.63) is 59.0 Å². The van der Waals surface area contributed by atoms with E-state index in [4.69, 9.17) is 0 Å². The summed E-state index contributed by atoms with van der Waals surface area (Å²) >= 11 is 0. The fraction of sp³-hybridized carbons (Fsp3) is 0. The molecule has 0 aliphatic carbocycles. The van der Waals surface area contributed by atoms with Gasteiger partial charge in [-0.3, -0.25) is 9.36 Å². The van der Waals surface area contributed by atoms with Crippen LogP contribution in [0, 0.1) is 0 Å². The van der Waals surface area contributed by atoms with E-state index in [9.17, 15) is 9.59 Å². The van der Waals surface area contributed by atoms with Gasteiger partial charge in [0.25, 0.3) is 5.56 Å². The molecule has 2 rings (SSSR count). The van der Waals surface area contributed by atoms with E-state index in [2.05, 4.69) is 4.99 Å². The molecule has 16 heavy (non-hydrogen) atoms. The highest BCUT2D eigenvalue weighted by molar-refractivity contribution is 5.51. The summed E-state index contributed by atoms with van der Waals surface area (Å²) in [6.45, 7) is 0. The molecular weight excluding hydrogens is 204 g/mol. The summed E-state index contributed by atoms with van der Waals surface area (Å²) < 4.78 is 1.51. The van der Waals surface area contributed by atoms with Crippen LogP contribution >= 0.6 is 0 Å². The topological polar surface area (TPSA) is 51.4 Å². The largest absolute Gasteiger partial charge is 0.284 e. The van der Waals surface area contributed by atoms with Crippen molar-refractivity contribution in [2.24, 2.45) is 4.99 Å². The third kappa shape index (κ3) is 1.97. The van der Waals surface area contributed by atoms with Crippen LogP contribution in [0.2, 0.25) is 0 Å². The van der Waals surface area contributed by atoms with Gasteiger partial charge in [-0.05, 0) is 30.3 Å². The highest BCUT2D eigenvalue weighted by Gasteiger charge is 1.97. The van der Waals surface area contributed by atoms with E-state index in [-0.39, 0.29) is 5.56 Å². The first-order chi connectivity index (χ1) is 7.81.